The van der Waals surface area contributed by atoms with Crippen molar-refractivity contribution in [2.24, 2.45) is 5.92 Å². The Morgan fingerprint density at radius 2 is 2.04 bits per heavy atom. The van der Waals surface area contributed by atoms with Gasteiger partial charge in [-0.05, 0) is 88.8 Å². The molecule has 2 aliphatic heterocycles. The zero-order valence-corrected chi connectivity index (χ0v) is 18.0. The van der Waals surface area contributed by atoms with E-state index in [0.29, 0.717) is 17.2 Å². The lowest BCUT2D eigenvalue weighted by atomic mass is 9.90. The highest BCUT2D eigenvalue weighted by Gasteiger charge is 2.32. The van der Waals surface area contributed by atoms with Gasteiger partial charge >= 0.3 is 0 Å². The molecule has 1 aromatic carbocycles. The quantitative estimate of drug-likeness (QED) is 0.606. The number of halogens is 2. The Labute approximate surface area is 168 Å². The van der Waals surface area contributed by atoms with Gasteiger partial charge in [-0.1, -0.05) is 27.7 Å². The Hall–Kier alpha value is -0.590. The van der Waals surface area contributed by atoms with Crippen LogP contribution in [0.5, 0.6) is 0 Å². The average Bonchev–Trinajstić information content (AvgIpc) is 2.99. The van der Waals surface area contributed by atoms with E-state index >= 15 is 0 Å². The van der Waals surface area contributed by atoms with E-state index < -0.39 is 0 Å². The first-order chi connectivity index (χ1) is 12.4. The minimum Gasteiger partial charge on any atom is -0.330 e. The van der Waals surface area contributed by atoms with Crippen LogP contribution in [0, 0.1) is 11.7 Å². The molecule has 1 unspecified atom stereocenters. The Balaban J connectivity index is 1.40. The van der Waals surface area contributed by atoms with Crippen molar-refractivity contribution in [3.8, 4) is 0 Å². The lowest BCUT2D eigenvalue weighted by Crippen LogP contribution is -2.36. The van der Waals surface area contributed by atoms with Crippen LogP contribution in [0.15, 0.2) is 22.7 Å². The van der Waals surface area contributed by atoms with Crippen LogP contribution >= 0.6 is 27.7 Å². The van der Waals surface area contributed by atoms with E-state index in [0.717, 1.165) is 61.9 Å². The number of benzene rings is 1. The topological polar surface area (TPSA) is 23.6 Å². The summed E-state index contributed by atoms with van der Waals surface area (Å²) in [6.07, 6.45) is 4.36. The van der Waals surface area contributed by atoms with Crippen molar-refractivity contribution in [3.63, 3.8) is 0 Å². The van der Waals surface area contributed by atoms with Crippen molar-refractivity contribution in [2.75, 3.05) is 26.2 Å². The van der Waals surface area contributed by atoms with Gasteiger partial charge in [0.1, 0.15) is 5.82 Å². The lowest BCUT2D eigenvalue weighted by molar-refractivity contribution is 0.179. The van der Waals surface area contributed by atoms with Crippen molar-refractivity contribution in [2.45, 2.75) is 50.8 Å². The third-order valence-electron chi connectivity index (χ3n) is 5.52. The van der Waals surface area contributed by atoms with Crippen LogP contribution in [0.25, 0.3) is 0 Å². The molecule has 1 amide bonds. The number of nitrogens with zero attached hydrogens (tertiary/aromatic N) is 2. The Kier molecular flexibility index (Phi) is 7.03. The van der Waals surface area contributed by atoms with Gasteiger partial charge in [-0.15, -0.1) is 0 Å². The van der Waals surface area contributed by atoms with E-state index in [1.54, 1.807) is 12.1 Å². The number of amides is 1. The average molecular weight is 443 g/mol. The number of hydrogen-bond donors (Lipinski definition) is 0. The number of likely N-dealkylation sites (tertiary alicyclic amines) is 1. The number of thioether (sulfide) groups is 1. The number of carbonyl (C=O) groups excluding carboxylic acids is 1. The second-order valence-corrected chi connectivity index (χ2v) is 9.87. The summed E-state index contributed by atoms with van der Waals surface area (Å²) >= 11 is 5.06. The maximum Gasteiger partial charge on any atom is 0.282 e. The Bertz CT molecular complexity index is 634. The highest BCUT2D eigenvalue weighted by atomic mass is 79.9. The van der Waals surface area contributed by atoms with Crippen molar-refractivity contribution in [1.82, 2.24) is 9.80 Å². The molecule has 1 atom stereocenters. The standard InChI is InChI=1S/C20H28BrFN2OS/c1-14(2)24-13-18(26-20(24)25)7-10-23-8-5-15(6-9-23)11-16-12-17(22)3-4-19(16)21/h3-4,12,14-15,18H,5-11,13H2,1-2H3. The molecule has 2 aliphatic rings. The summed E-state index contributed by atoms with van der Waals surface area (Å²) in [6.45, 7) is 8.36. The molecule has 0 aliphatic carbocycles. The van der Waals surface area contributed by atoms with Gasteiger partial charge in [0.15, 0.2) is 0 Å². The normalized spacial score (nSPS) is 22.6. The number of carbonyl (C=O) groups is 1. The van der Waals surface area contributed by atoms with Gasteiger partial charge in [-0.3, -0.25) is 4.79 Å². The zero-order chi connectivity index (χ0) is 18.7. The smallest absolute Gasteiger partial charge is 0.282 e. The van der Waals surface area contributed by atoms with Gasteiger partial charge in [0.2, 0.25) is 0 Å². The predicted molar refractivity (Wildman–Crippen MR) is 110 cm³/mol. The van der Waals surface area contributed by atoms with Gasteiger partial charge in [0, 0.05) is 22.3 Å². The molecule has 0 aromatic heterocycles. The van der Waals surface area contributed by atoms with Crippen LogP contribution in [-0.4, -0.2) is 52.5 Å². The maximum atomic E-state index is 13.5. The molecule has 0 spiro atoms. The summed E-state index contributed by atoms with van der Waals surface area (Å²) in [5.74, 6) is 0.475. The van der Waals surface area contributed by atoms with Crippen LogP contribution in [0.1, 0.15) is 38.7 Å². The largest absolute Gasteiger partial charge is 0.330 e. The minimum atomic E-state index is -0.153. The van der Waals surface area contributed by atoms with E-state index in [2.05, 4.69) is 34.7 Å². The SMILES string of the molecule is CC(C)N1CC(CCN2CCC(Cc3cc(F)ccc3Br)CC2)SC1=O. The van der Waals surface area contributed by atoms with Crippen LogP contribution in [-0.2, 0) is 6.42 Å². The minimum absolute atomic E-state index is 0.153. The second-order valence-electron chi connectivity index (χ2n) is 7.77. The van der Waals surface area contributed by atoms with Gasteiger partial charge in [0.25, 0.3) is 5.24 Å². The van der Waals surface area contributed by atoms with Crippen molar-refractivity contribution in [1.29, 1.82) is 0 Å². The van der Waals surface area contributed by atoms with E-state index in [-0.39, 0.29) is 11.1 Å². The van der Waals surface area contributed by atoms with Crippen molar-refractivity contribution in [3.05, 3.63) is 34.1 Å². The molecule has 0 N–H and O–H groups in total. The highest BCUT2D eigenvalue weighted by molar-refractivity contribution is 9.10. The summed E-state index contributed by atoms with van der Waals surface area (Å²) in [5, 5.41) is 0.676. The molecular formula is C20H28BrFN2OS. The Morgan fingerprint density at radius 3 is 2.69 bits per heavy atom. The van der Waals surface area contributed by atoms with Crippen LogP contribution in [0.4, 0.5) is 9.18 Å². The van der Waals surface area contributed by atoms with Crippen molar-refractivity contribution >= 4 is 32.9 Å². The molecule has 2 saturated heterocycles. The van der Waals surface area contributed by atoms with E-state index in [9.17, 15) is 9.18 Å². The molecule has 3 rings (SSSR count). The molecule has 26 heavy (non-hydrogen) atoms. The summed E-state index contributed by atoms with van der Waals surface area (Å²) in [5.41, 5.74) is 1.08. The maximum absolute atomic E-state index is 13.5. The molecule has 144 valence electrons. The van der Waals surface area contributed by atoms with Crippen molar-refractivity contribution < 1.29 is 9.18 Å². The molecule has 3 nitrogen and oxygen atoms in total. The molecular weight excluding hydrogens is 415 g/mol. The summed E-state index contributed by atoms with van der Waals surface area (Å²) in [7, 11) is 0. The summed E-state index contributed by atoms with van der Waals surface area (Å²) in [4.78, 5) is 16.5. The van der Waals surface area contributed by atoms with E-state index in [4.69, 9.17) is 0 Å². The predicted octanol–water partition coefficient (Wildman–Crippen LogP) is 5.18. The fraction of sp³-hybridized carbons (Fsp3) is 0.650. The number of hydrogen-bond acceptors (Lipinski definition) is 3. The fourth-order valence-corrected chi connectivity index (χ4v) is 5.44. The summed E-state index contributed by atoms with van der Waals surface area (Å²) in [6, 6.07) is 5.27. The van der Waals surface area contributed by atoms with Gasteiger partial charge in [-0.25, -0.2) is 4.39 Å². The molecule has 2 heterocycles. The van der Waals surface area contributed by atoms with Gasteiger partial charge in [-0.2, -0.15) is 0 Å². The first-order valence-corrected chi connectivity index (χ1v) is 11.2. The van der Waals surface area contributed by atoms with Crippen LogP contribution in [0.3, 0.4) is 0 Å². The van der Waals surface area contributed by atoms with Gasteiger partial charge in [0.05, 0.1) is 0 Å². The molecule has 6 heteroatoms. The number of piperidine rings is 1. The van der Waals surface area contributed by atoms with Crippen LogP contribution in [0.2, 0.25) is 0 Å². The molecule has 0 bridgehead atoms. The van der Waals surface area contributed by atoms with E-state index in [1.165, 1.54) is 17.8 Å². The fourth-order valence-electron chi connectivity index (χ4n) is 3.86. The molecule has 2 fully saturated rings. The third-order valence-corrected chi connectivity index (χ3v) is 7.44. The number of rotatable bonds is 6. The van der Waals surface area contributed by atoms with Gasteiger partial charge < -0.3 is 9.80 Å². The zero-order valence-electron chi connectivity index (χ0n) is 15.6. The highest BCUT2D eigenvalue weighted by Crippen LogP contribution is 2.30. The first-order valence-electron chi connectivity index (χ1n) is 9.56. The summed E-state index contributed by atoms with van der Waals surface area (Å²) < 4.78 is 14.5. The molecule has 1 aromatic rings. The monoisotopic (exact) mass is 442 g/mol. The lowest BCUT2D eigenvalue weighted by Gasteiger charge is -2.32. The molecule has 0 saturated carbocycles. The second kappa shape index (κ2) is 9.07. The van der Waals surface area contributed by atoms with Crippen LogP contribution < -0.4 is 0 Å². The first kappa shape index (κ1) is 20.2. The Morgan fingerprint density at radius 1 is 1.31 bits per heavy atom. The van der Waals surface area contributed by atoms with E-state index in [1.807, 2.05) is 4.90 Å². The third kappa shape index (κ3) is 5.23. The molecule has 0 radical (unpaired) electrons.